The normalized spacial score (nSPS) is 10.8. The molecule has 0 atom stereocenters. The molecule has 0 fully saturated rings. The topological polar surface area (TPSA) is 38.9 Å². The van der Waals surface area contributed by atoms with Crippen LogP contribution in [-0.2, 0) is 0 Å². The second-order valence-electron chi connectivity index (χ2n) is 2.61. The minimum absolute atomic E-state index is 0.215. The van der Waals surface area contributed by atoms with Crippen molar-refractivity contribution in [3.63, 3.8) is 0 Å². The number of hydrogen-bond donors (Lipinski definition) is 0. The van der Waals surface area contributed by atoms with Crippen molar-refractivity contribution >= 4 is 23.2 Å². The minimum atomic E-state index is -0.778. The average Bonchev–Trinajstić information content (AvgIpc) is 2.68. The average molecular weight is 229 g/mol. The summed E-state index contributed by atoms with van der Waals surface area (Å²) in [5.74, 6) is 0.638. The van der Waals surface area contributed by atoms with Crippen LogP contribution in [0.15, 0.2) is 34.7 Å². The summed E-state index contributed by atoms with van der Waals surface area (Å²) >= 11 is 11.1. The Morgan fingerprint density at radius 2 is 1.79 bits per heavy atom. The Morgan fingerprint density at radius 3 is 2.36 bits per heavy atom. The SMILES string of the molecule is ClC(Cl)c1nnc(-c2ccccc2)o1. The third-order valence-electron chi connectivity index (χ3n) is 1.65. The zero-order valence-electron chi connectivity index (χ0n) is 7.02. The second-order valence-corrected chi connectivity index (χ2v) is 3.71. The van der Waals surface area contributed by atoms with Gasteiger partial charge in [0.05, 0.1) is 0 Å². The van der Waals surface area contributed by atoms with E-state index in [1.54, 1.807) is 0 Å². The van der Waals surface area contributed by atoms with Gasteiger partial charge in [0.2, 0.25) is 11.8 Å². The highest BCUT2D eigenvalue weighted by atomic mass is 35.5. The Hall–Kier alpha value is -1.06. The maximum Gasteiger partial charge on any atom is 0.249 e. The zero-order chi connectivity index (χ0) is 9.97. The molecule has 1 aromatic heterocycles. The van der Waals surface area contributed by atoms with E-state index in [1.165, 1.54) is 0 Å². The molecule has 3 nitrogen and oxygen atoms in total. The van der Waals surface area contributed by atoms with Crippen molar-refractivity contribution in [2.24, 2.45) is 0 Å². The Labute approximate surface area is 90.7 Å². The number of halogens is 2. The molecule has 1 heterocycles. The summed E-state index contributed by atoms with van der Waals surface area (Å²) < 4.78 is 5.24. The van der Waals surface area contributed by atoms with Crippen molar-refractivity contribution < 1.29 is 4.42 Å². The van der Waals surface area contributed by atoms with Gasteiger partial charge in [0.1, 0.15) is 0 Å². The first kappa shape index (κ1) is 9.49. The summed E-state index contributed by atoms with van der Waals surface area (Å²) in [6, 6.07) is 9.42. The van der Waals surface area contributed by atoms with Crippen molar-refractivity contribution in [1.29, 1.82) is 0 Å². The van der Waals surface area contributed by atoms with Crippen LogP contribution in [-0.4, -0.2) is 10.2 Å². The van der Waals surface area contributed by atoms with Crippen LogP contribution in [0.2, 0.25) is 0 Å². The number of nitrogens with zero attached hydrogens (tertiary/aromatic N) is 2. The summed E-state index contributed by atoms with van der Waals surface area (Å²) in [6.45, 7) is 0. The highest BCUT2D eigenvalue weighted by molar-refractivity contribution is 6.43. The molecule has 2 aromatic rings. The highest BCUT2D eigenvalue weighted by Gasteiger charge is 2.13. The summed E-state index contributed by atoms with van der Waals surface area (Å²) in [5.41, 5.74) is 0.847. The molecule has 14 heavy (non-hydrogen) atoms. The molecule has 0 saturated carbocycles. The van der Waals surface area contributed by atoms with E-state index in [0.29, 0.717) is 5.89 Å². The Morgan fingerprint density at radius 1 is 1.07 bits per heavy atom. The Balaban J connectivity index is 2.34. The maximum absolute atomic E-state index is 5.57. The molecule has 5 heteroatoms. The van der Waals surface area contributed by atoms with Gasteiger partial charge in [0.25, 0.3) is 0 Å². The molecular formula is C9H6Cl2N2O. The molecule has 0 aliphatic rings. The number of aromatic nitrogens is 2. The van der Waals surface area contributed by atoms with E-state index in [4.69, 9.17) is 27.6 Å². The lowest BCUT2D eigenvalue weighted by molar-refractivity contribution is 0.523. The van der Waals surface area contributed by atoms with E-state index in [9.17, 15) is 0 Å². The van der Waals surface area contributed by atoms with Crippen molar-refractivity contribution in [1.82, 2.24) is 10.2 Å². The lowest BCUT2D eigenvalue weighted by atomic mass is 10.2. The quantitative estimate of drug-likeness (QED) is 0.742. The zero-order valence-corrected chi connectivity index (χ0v) is 8.53. The molecular weight excluding hydrogens is 223 g/mol. The smallest absolute Gasteiger partial charge is 0.249 e. The minimum Gasteiger partial charge on any atom is -0.418 e. The molecule has 2 rings (SSSR count). The Kier molecular flexibility index (Phi) is 2.70. The van der Waals surface area contributed by atoms with Crippen molar-refractivity contribution in [2.45, 2.75) is 4.84 Å². The summed E-state index contributed by atoms with van der Waals surface area (Å²) in [7, 11) is 0. The molecule has 0 N–H and O–H groups in total. The van der Waals surface area contributed by atoms with E-state index < -0.39 is 4.84 Å². The number of hydrogen-bond acceptors (Lipinski definition) is 3. The van der Waals surface area contributed by atoms with Gasteiger partial charge in [-0.05, 0) is 12.1 Å². The summed E-state index contributed by atoms with van der Waals surface area (Å²) in [4.78, 5) is -0.778. The van der Waals surface area contributed by atoms with Gasteiger partial charge in [-0.25, -0.2) is 0 Å². The van der Waals surface area contributed by atoms with E-state index >= 15 is 0 Å². The number of alkyl halides is 2. The molecule has 0 spiro atoms. The second kappa shape index (κ2) is 3.98. The van der Waals surface area contributed by atoms with E-state index in [0.717, 1.165) is 5.56 Å². The maximum atomic E-state index is 5.57. The van der Waals surface area contributed by atoms with Crippen LogP contribution in [0.1, 0.15) is 10.7 Å². The van der Waals surface area contributed by atoms with Gasteiger partial charge >= 0.3 is 0 Å². The van der Waals surface area contributed by atoms with Gasteiger partial charge in [0.15, 0.2) is 4.84 Å². The first-order valence-electron chi connectivity index (χ1n) is 3.94. The monoisotopic (exact) mass is 228 g/mol. The molecule has 1 aromatic carbocycles. The molecule has 0 unspecified atom stereocenters. The van der Waals surface area contributed by atoms with E-state index in [-0.39, 0.29) is 5.89 Å². The van der Waals surface area contributed by atoms with Crippen LogP contribution in [0.3, 0.4) is 0 Å². The van der Waals surface area contributed by atoms with Crippen molar-refractivity contribution in [3.8, 4) is 11.5 Å². The van der Waals surface area contributed by atoms with Gasteiger partial charge in [-0.1, -0.05) is 41.4 Å². The van der Waals surface area contributed by atoms with Gasteiger partial charge in [-0.15, -0.1) is 10.2 Å². The third kappa shape index (κ3) is 1.89. The van der Waals surface area contributed by atoms with Gasteiger partial charge in [-0.3, -0.25) is 0 Å². The van der Waals surface area contributed by atoms with Crippen LogP contribution in [0.25, 0.3) is 11.5 Å². The first-order valence-corrected chi connectivity index (χ1v) is 4.81. The largest absolute Gasteiger partial charge is 0.418 e. The third-order valence-corrected chi connectivity index (χ3v) is 2.02. The molecule has 0 radical (unpaired) electrons. The van der Waals surface area contributed by atoms with Crippen LogP contribution in [0.5, 0.6) is 0 Å². The molecule has 0 amide bonds. The lowest BCUT2D eigenvalue weighted by Crippen LogP contribution is -1.78. The van der Waals surface area contributed by atoms with Gasteiger partial charge in [-0.2, -0.15) is 0 Å². The van der Waals surface area contributed by atoms with Crippen LogP contribution >= 0.6 is 23.2 Å². The number of benzene rings is 1. The van der Waals surface area contributed by atoms with E-state index in [2.05, 4.69) is 10.2 Å². The fraction of sp³-hybridized carbons (Fsp3) is 0.111. The molecule has 0 aliphatic heterocycles. The van der Waals surface area contributed by atoms with Gasteiger partial charge in [0, 0.05) is 5.56 Å². The fourth-order valence-corrected chi connectivity index (χ4v) is 1.20. The van der Waals surface area contributed by atoms with Gasteiger partial charge < -0.3 is 4.42 Å². The lowest BCUT2D eigenvalue weighted by Gasteiger charge is -1.92. The fourth-order valence-electron chi connectivity index (χ4n) is 1.02. The summed E-state index contributed by atoms with van der Waals surface area (Å²) in [5, 5.41) is 7.53. The van der Waals surface area contributed by atoms with E-state index in [1.807, 2.05) is 30.3 Å². The van der Waals surface area contributed by atoms with Crippen molar-refractivity contribution in [3.05, 3.63) is 36.2 Å². The van der Waals surface area contributed by atoms with Crippen LogP contribution in [0.4, 0.5) is 0 Å². The predicted molar refractivity (Wildman–Crippen MR) is 54.2 cm³/mol. The predicted octanol–water partition coefficient (Wildman–Crippen LogP) is 3.21. The molecule has 0 aliphatic carbocycles. The molecule has 0 saturated heterocycles. The Bertz CT molecular complexity index is 414. The first-order chi connectivity index (χ1) is 6.77. The molecule has 0 bridgehead atoms. The van der Waals surface area contributed by atoms with Crippen LogP contribution in [0, 0.1) is 0 Å². The standard InChI is InChI=1S/C9H6Cl2N2O/c10-7(11)9-13-12-8(14-9)6-4-2-1-3-5-6/h1-5,7H. The van der Waals surface area contributed by atoms with Crippen LogP contribution < -0.4 is 0 Å². The molecule has 72 valence electrons. The van der Waals surface area contributed by atoms with Crippen molar-refractivity contribution in [2.75, 3.05) is 0 Å². The summed E-state index contributed by atoms with van der Waals surface area (Å²) in [6.07, 6.45) is 0. The number of rotatable bonds is 2. The highest BCUT2D eigenvalue weighted by Crippen LogP contribution is 2.26.